The van der Waals surface area contributed by atoms with Gasteiger partial charge in [-0.15, -0.1) is 11.8 Å². The summed E-state index contributed by atoms with van der Waals surface area (Å²) in [6, 6.07) is 16.3. The van der Waals surface area contributed by atoms with Crippen molar-refractivity contribution in [3.8, 4) is 0 Å². The molecule has 0 spiro atoms. The molecule has 2 aromatic rings. The second kappa shape index (κ2) is 10.3. The van der Waals surface area contributed by atoms with Crippen LogP contribution in [0.5, 0.6) is 0 Å². The van der Waals surface area contributed by atoms with Gasteiger partial charge in [0.15, 0.2) is 0 Å². The van der Waals surface area contributed by atoms with Crippen LogP contribution in [0.3, 0.4) is 0 Å². The molecule has 5 nitrogen and oxygen atoms in total. The fourth-order valence-electron chi connectivity index (χ4n) is 4.03. The highest BCUT2D eigenvalue weighted by Gasteiger charge is 2.19. The first kappa shape index (κ1) is 21.2. The minimum Gasteiger partial charge on any atom is -0.377 e. The second-order valence-corrected chi connectivity index (χ2v) is 9.11. The van der Waals surface area contributed by atoms with E-state index in [0.29, 0.717) is 12.6 Å². The number of amides is 1. The average molecular weight is 426 g/mol. The number of piperazine rings is 1. The topological polar surface area (TPSA) is 44.8 Å². The molecule has 0 radical (unpaired) electrons. The van der Waals surface area contributed by atoms with Crippen molar-refractivity contribution in [1.82, 2.24) is 10.2 Å². The fourth-order valence-corrected chi connectivity index (χ4v) is 5.14. The largest absolute Gasteiger partial charge is 0.377 e. The number of benzene rings is 2. The molecular weight excluding hydrogens is 394 g/mol. The zero-order valence-electron chi connectivity index (χ0n) is 17.7. The van der Waals surface area contributed by atoms with Gasteiger partial charge in [-0.3, -0.25) is 4.79 Å². The summed E-state index contributed by atoms with van der Waals surface area (Å²) in [5, 5.41) is 3.15. The highest BCUT2D eigenvalue weighted by molar-refractivity contribution is 7.99. The third-order valence-electron chi connectivity index (χ3n) is 5.86. The summed E-state index contributed by atoms with van der Waals surface area (Å²) in [7, 11) is 2.16. The molecular formula is C24H31N3O2S. The summed E-state index contributed by atoms with van der Waals surface area (Å²) in [5.74, 6) is 0.884. The molecule has 2 fully saturated rings. The van der Waals surface area contributed by atoms with E-state index in [0.717, 1.165) is 61.8 Å². The van der Waals surface area contributed by atoms with Crippen LogP contribution < -0.4 is 10.2 Å². The van der Waals surface area contributed by atoms with Gasteiger partial charge in [-0.25, -0.2) is 0 Å². The summed E-state index contributed by atoms with van der Waals surface area (Å²) in [5.41, 5.74) is 3.14. The van der Waals surface area contributed by atoms with E-state index in [-0.39, 0.29) is 5.91 Å². The maximum atomic E-state index is 13.0. The first-order chi connectivity index (χ1) is 14.7. The predicted molar refractivity (Wildman–Crippen MR) is 123 cm³/mol. The Kier molecular flexibility index (Phi) is 7.31. The summed E-state index contributed by atoms with van der Waals surface area (Å²) >= 11 is 1.72. The van der Waals surface area contributed by atoms with Gasteiger partial charge >= 0.3 is 0 Å². The Morgan fingerprint density at radius 3 is 2.67 bits per heavy atom. The number of anilines is 1. The van der Waals surface area contributed by atoms with Crippen LogP contribution in [0.2, 0.25) is 0 Å². The molecule has 2 saturated heterocycles. The van der Waals surface area contributed by atoms with Crippen molar-refractivity contribution in [2.75, 3.05) is 50.5 Å². The normalized spacial score (nSPS) is 19.8. The van der Waals surface area contributed by atoms with Gasteiger partial charge in [0.2, 0.25) is 0 Å². The number of rotatable bonds is 7. The number of hydrogen-bond acceptors (Lipinski definition) is 5. The molecule has 0 saturated carbocycles. The lowest BCUT2D eigenvalue weighted by atomic mass is 10.1. The van der Waals surface area contributed by atoms with Crippen molar-refractivity contribution in [1.29, 1.82) is 0 Å². The number of para-hydroxylation sites is 1. The van der Waals surface area contributed by atoms with Gasteiger partial charge in [0.25, 0.3) is 5.91 Å². The van der Waals surface area contributed by atoms with E-state index < -0.39 is 0 Å². The van der Waals surface area contributed by atoms with Crippen LogP contribution in [0, 0.1) is 0 Å². The van der Waals surface area contributed by atoms with Crippen LogP contribution in [0.25, 0.3) is 0 Å². The van der Waals surface area contributed by atoms with Crippen molar-refractivity contribution < 1.29 is 9.53 Å². The van der Waals surface area contributed by atoms with Gasteiger partial charge in [0, 0.05) is 55.7 Å². The van der Waals surface area contributed by atoms with Gasteiger partial charge in [-0.05, 0) is 43.7 Å². The molecule has 4 rings (SSSR count). The summed E-state index contributed by atoms with van der Waals surface area (Å²) in [4.78, 5) is 18.8. The molecule has 30 heavy (non-hydrogen) atoms. The van der Waals surface area contributed by atoms with Crippen LogP contribution in [-0.2, 0) is 11.3 Å². The molecule has 1 amide bonds. The third kappa shape index (κ3) is 5.36. The highest BCUT2D eigenvalue weighted by atomic mass is 32.2. The number of ether oxygens (including phenoxy) is 1. The minimum atomic E-state index is -0.0152. The quantitative estimate of drug-likeness (QED) is 0.686. The number of nitrogens with zero attached hydrogens (tertiary/aromatic N) is 2. The van der Waals surface area contributed by atoms with Gasteiger partial charge in [0.05, 0.1) is 11.7 Å². The van der Waals surface area contributed by atoms with Crippen molar-refractivity contribution in [2.45, 2.75) is 30.4 Å². The third-order valence-corrected chi connectivity index (χ3v) is 7.06. The zero-order chi connectivity index (χ0) is 20.8. The van der Waals surface area contributed by atoms with Crippen LogP contribution in [-0.4, -0.2) is 62.5 Å². The maximum Gasteiger partial charge on any atom is 0.252 e. The summed E-state index contributed by atoms with van der Waals surface area (Å²) in [6.45, 7) is 5.56. The van der Waals surface area contributed by atoms with E-state index in [1.54, 1.807) is 11.8 Å². The Bertz CT molecular complexity index is 846. The van der Waals surface area contributed by atoms with Crippen LogP contribution in [0.1, 0.15) is 28.8 Å². The number of nitrogens with one attached hydrogen (secondary N) is 1. The number of hydrogen-bond donors (Lipinski definition) is 1. The van der Waals surface area contributed by atoms with Crippen LogP contribution >= 0.6 is 11.8 Å². The molecule has 2 heterocycles. The average Bonchev–Trinajstić information content (AvgIpc) is 3.31. The van der Waals surface area contributed by atoms with Gasteiger partial charge < -0.3 is 19.9 Å². The Morgan fingerprint density at radius 2 is 1.87 bits per heavy atom. The minimum absolute atomic E-state index is 0.0152. The summed E-state index contributed by atoms with van der Waals surface area (Å²) in [6.07, 6.45) is 2.56. The molecule has 6 heteroatoms. The Hall–Kier alpha value is -2.02. The first-order valence-electron chi connectivity index (χ1n) is 10.8. The van der Waals surface area contributed by atoms with Gasteiger partial charge in [-0.2, -0.15) is 0 Å². The van der Waals surface area contributed by atoms with Gasteiger partial charge in [-0.1, -0.05) is 30.3 Å². The first-order valence-corrected chi connectivity index (χ1v) is 11.8. The van der Waals surface area contributed by atoms with E-state index in [1.165, 1.54) is 11.3 Å². The predicted octanol–water partition coefficient (Wildman–Crippen LogP) is 3.64. The van der Waals surface area contributed by atoms with E-state index in [2.05, 4.69) is 40.4 Å². The van der Waals surface area contributed by atoms with Gasteiger partial charge in [0.1, 0.15) is 0 Å². The standard InChI is InChI=1S/C24H31N3O2S/c1-26-12-14-27(15-13-26)22-10-4-2-7-19(22)17-25-24(28)21-9-3-5-11-23(21)30-18-20-8-6-16-29-20/h2-5,7,9-11,20H,6,8,12-18H2,1H3,(H,25,28). The lowest BCUT2D eigenvalue weighted by Crippen LogP contribution is -2.45. The second-order valence-electron chi connectivity index (χ2n) is 8.04. The molecule has 2 aromatic carbocycles. The molecule has 2 aliphatic rings. The van der Waals surface area contributed by atoms with E-state index in [9.17, 15) is 4.79 Å². The zero-order valence-corrected chi connectivity index (χ0v) is 18.5. The number of carbonyl (C=O) groups excluding carboxylic acids is 1. The van der Waals surface area contributed by atoms with Crippen molar-refractivity contribution in [3.63, 3.8) is 0 Å². The highest BCUT2D eigenvalue weighted by Crippen LogP contribution is 2.27. The Balaban J connectivity index is 1.39. The molecule has 0 bridgehead atoms. The maximum absolute atomic E-state index is 13.0. The van der Waals surface area contributed by atoms with Crippen molar-refractivity contribution in [3.05, 3.63) is 59.7 Å². The number of carbonyl (C=O) groups is 1. The SMILES string of the molecule is CN1CCN(c2ccccc2CNC(=O)c2ccccc2SCC2CCCO2)CC1. The summed E-state index contributed by atoms with van der Waals surface area (Å²) < 4.78 is 5.73. The van der Waals surface area contributed by atoms with Crippen LogP contribution in [0.4, 0.5) is 5.69 Å². The molecule has 1 N–H and O–H groups in total. The van der Waals surface area contributed by atoms with E-state index in [1.807, 2.05) is 30.3 Å². The molecule has 0 aliphatic carbocycles. The van der Waals surface area contributed by atoms with E-state index in [4.69, 9.17) is 4.74 Å². The lowest BCUT2D eigenvalue weighted by molar-refractivity contribution is 0.0948. The monoisotopic (exact) mass is 425 g/mol. The van der Waals surface area contributed by atoms with Crippen molar-refractivity contribution >= 4 is 23.4 Å². The molecule has 0 aromatic heterocycles. The molecule has 1 unspecified atom stereocenters. The number of likely N-dealkylation sites (N-methyl/N-ethyl adjacent to an activating group) is 1. The Labute approximate surface area is 183 Å². The molecule has 160 valence electrons. The molecule has 2 aliphatic heterocycles. The Morgan fingerprint density at radius 1 is 1.10 bits per heavy atom. The van der Waals surface area contributed by atoms with Crippen molar-refractivity contribution in [2.24, 2.45) is 0 Å². The molecule has 1 atom stereocenters. The van der Waals surface area contributed by atoms with Crippen LogP contribution in [0.15, 0.2) is 53.4 Å². The smallest absolute Gasteiger partial charge is 0.252 e. The van der Waals surface area contributed by atoms with E-state index >= 15 is 0 Å². The fraction of sp³-hybridized carbons (Fsp3) is 0.458. The lowest BCUT2D eigenvalue weighted by Gasteiger charge is -2.35. The number of thioether (sulfide) groups is 1.